The molecule has 0 saturated carbocycles. The third-order valence-corrected chi connectivity index (χ3v) is 5.19. The second kappa shape index (κ2) is 8.38. The molecule has 1 saturated heterocycles. The minimum Gasteiger partial charge on any atom is -0.338 e. The molecule has 142 valence electrons. The molecule has 2 aromatic carbocycles. The van der Waals surface area contributed by atoms with Crippen molar-refractivity contribution in [2.45, 2.75) is 39.5 Å². The maximum atomic E-state index is 12.8. The lowest BCUT2D eigenvalue weighted by Gasteiger charge is -2.32. The monoisotopic (exact) mass is 364 g/mol. The van der Waals surface area contributed by atoms with E-state index in [4.69, 9.17) is 0 Å². The van der Waals surface area contributed by atoms with Gasteiger partial charge in [-0.1, -0.05) is 43.7 Å². The summed E-state index contributed by atoms with van der Waals surface area (Å²) in [6.45, 7) is 7.46. The van der Waals surface area contributed by atoms with E-state index in [0.29, 0.717) is 24.6 Å². The van der Waals surface area contributed by atoms with Crippen LogP contribution in [0.2, 0.25) is 0 Å². The Bertz CT molecular complexity index is 811. The van der Waals surface area contributed by atoms with E-state index in [2.05, 4.69) is 31.3 Å². The average molecular weight is 364 g/mol. The molecule has 0 spiro atoms. The van der Waals surface area contributed by atoms with Crippen LogP contribution in [-0.4, -0.2) is 29.8 Å². The summed E-state index contributed by atoms with van der Waals surface area (Å²) in [5.74, 6) is 0.304. The second-order valence-electron chi connectivity index (χ2n) is 7.73. The average Bonchev–Trinajstić information content (AvgIpc) is 2.68. The summed E-state index contributed by atoms with van der Waals surface area (Å²) in [4.78, 5) is 27.3. The Morgan fingerprint density at radius 3 is 2.52 bits per heavy atom. The molecular weight excluding hydrogens is 336 g/mol. The first-order valence-corrected chi connectivity index (χ1v) is 9.71. The van der Waals surface area contributed by atoms with Gasteiger partial charge in [-0.3, -0.25) is 9.59 Å². The number of piperidine rings is 1. The number of nitrogens with one attached hydrogen (secondary N) is 1. The zero-order chi connectivity index (χ0) is 19.4. The Morgan fingerprint density at radius 2 is 1.85 bits per heavy atom. The predicted octanol–water partition coefficient (Wildman–Crippen LogP) is 4.61. The van der Waals surface area contributed by atoms with E-state index in [9.17, 15) is 9.59 Å². The number of carbonyl (C=O) groups is 2. The molecule has 1 aliphatic heterocycles. The maximum absolute atomic E-state index is 12.8. The molecule has 1 aliphatic rings. The van der Waals surface area contributed by atoms with E-state index in [0.717, 1.165) is 24.1 Å². The third kappa shape index (κ3) is 4.76. The Hall–Kier alpha value is -2.62. The molecule has 1 heterocycles. The molecule has 2 amide bonds. The van der Waals surface area contributed by atoms with Gasteiger partial charge in [-0.15, -0.1) is 0 Å². The van der Waals surface area contributed by atoms with E-state index in [-0.39, 0.29) is 17.7 Å². The quantitative estimate of drug-likeness (QED) is 0.861. The lowest BCUT2D eigenvalue weighted by atomic mass is 9.96. The van der Waals surface area contributed by atoms with Gasteiger partial charge in [0.25, 0.3) is 5.91 Å². The van der Waals surface area contributed by atoms with Crippen molar-refractivity contribution in [3.63, 3.8) is 0 Å². The zero-order valence-corrected chi connectivity index (χ0v) is 16.4. The number of amides is 2. The van der Waals surface area contributed by atoms with Crippen LogP contribution < -0.4 is 5.32 Å². The van der Waals surface area contributed by atoms with Crippen LogP contribution in [0, 0.1) is 12.8 Å². The van der Waals surface area contributed by atoms with Crippen LogP contribution >= 0.6 is 0 Å². The highest BCUT2D eigenvalue weighted by molar-refractivity contribution is 5.96. The van der Waals surface area contributed by atoms with Crippen molar-refractivity contribution < 1.29 is 9.59 Å². The summed E-state index contributed by atoms with van der Waals surface area (Å²) in [5, 5.41) is 3.01. The van der Waals surface area contributed by atoms with Gasteiger partial charge in [-0.2, -0.15) is 0 Å². The third-order valence-electron chi connectivity index (χ3n) is 5.19. The van der Waals surface area contributed by atoms with Crippen LogP contribution in [0.3, 0.4) is 0 Å². The number of rotatable bonds is 4. The van der Waals surface area contributed by atoms with Crippen LogP contribution in [0.1, 0.15) is 54.1 Å². The highest BCUT2D eigenvalue weighted by atomic mass is 16.2. The molecule has 0 aliphatic carbocycles. The van der Waals surface area contributed by atoms with Crippen molar-refractivity contribution in [3.05, 3.63) is 65.2 Å². The van der Waals surface area contributed by atoms with Crippen molar-refractivity contribution in [1.82, 2.24) is 4.90 Å². The van der Waals surface area contributed by atoms with Gasteiger partial charge >= 0.3 is 0 Å². The Kier molecular flexibility index (Phi) is 5.94. The van der Waals surface area contributed by atoms with Gasteiger partial charge in [0.15, 0.2) is 0 Å². The topological polar surface area (TPSA) is 49.4 Å². The van der Waals surface area contributed by atoms with E-state index in [1.54, 1.807) is 0 Å². The molecule has 27 heavy (non-hydrogen) atoms. The SMILES string of the molecule is Cc1cccc(C(=O)N2CCC[C@@H](C(=O)Nc3ccc(C(C)C)cc3)C2)c1. The fraction of sp³-hybridized carbons (Fsp3) is 0.391. The first-order chi connectivity index (χ1) is 12.9. The number of likely N-dealkylation sites (tertiary alicyclic amines) is 1. The van der Waals surface area contributed by atoms with Gasteiger partial charge in [0.1, 0.15) is 0 Å². The molecule has 4 nitrogen and oxygen atoms in total. The number of benzene rings is 2. The summed E-state index contributed by atoms with van der Waals surface area (Å²) in [5.41, 5.74) is 3.82. The summed E-state index contributed by atoms with van der Waals surface area (Å²) < 4.78 is 0. The molecule has 1 N–H and O–H groups in total. The van der Waals surface area contributed by atoms with E-state index in [1.807, 2.05) is 48.2 Å². The first-order valence-electron chi connectivity index (χ1n) is 9.71. The minimum atomic E-state index is -0.169. The maximum Gasteiger partial charge on any atom is 0.253 e. The molecule has 1 fully saturated rings. The van der Waals surface area contributed by atoms with Crippen LogP contribution in [0.4, 0.5) is 5.69 Å². The Morgan fingerprint density at radius 1 is 1.11 bits per heavy atom. The molecule has 0 aromatic heterocycles. The van der Waals surface area contributed by atoms with E-state index >= 15 is 0 Å². The number of hydrogen-bond donors (Lipinski definition) is 1. The molecule has 0 bridgehead atoms. The van der Waals surface area contributed by atoms with Crippen LogP contribution in [0.5, 0.6) is 0 Å². The van der Waals surface area contributed by atoms with Crippen molar-refractivity contribution >= 4 is 17.5 Å². The fourth-order valence-corrected chi connectivity index (χ4v) is 3.53. The summed E-state index contributed by atoms with van der Waals surface area (Å²) in [7, 11) is 0. The number of aryl methyl sites for hydroxylation is 1. The molecular formula is C23H28N2O2. The molecule has 1 atom stereocenters. The van der Waals surface area contributed by atoms with Crippen LogP contribution in [0.25, 0.3) is 0 Å². The van der Waals surface area contributed by atoms with Gasteiger partial charge in [0.2, 0.25) is 5.91 Å². The van der Waals surface area contributed by atoms with Crippen LogP contribution in [0.15, 0.2) is 48.5 Å². The lowest BCUT2D eigenvalue weighted by molar-refractivity contribution is -0.121. The number of nitrogens with zero attached hydrogens (tertiary/aromatic N) is 1. The van der Waals surface area contributed by atoms with Crippen molar-refractivity contribution in [3.8, 4) is 0 Å². The number of anilines is 1. The molecule has 2 aromatic rings. The van der Waals surface area contributed by atoms with Gasteiger partial charge in [0.05, 0.1) is 5.92 Å². The van der Waals surface area contributed by atoms with E-state index in [1.165, 1.54) is 5.56 Å². The number of hydrogen-bond acceptors (Lipinski definition) is 2. The van der Waals surface area contributed by atoms with E-state index < -0.39 is 0 Å². The molecule has 3 rings (SSSR count). The van der Waals surface area contributed by atoms with Crippen LogP contribution in [-0.2, 0) is 4.79 Å². The Labute approximate surface area is 161 Å². The molecule has 0 radical (unpaired) electrons. The van der Waals surface area contributed by atoms with Gasteiger partial charge in [0, 0.05) is 24.3 Å². The normalized spacial score (nSPS) is 17.0. The molecule has 0 unspecified atom stereocenters. The largest absolute Gasteiger partial charge is 0.338 e. The van der Waals surface area contributed by atoms with Gasteiger partial charge < -0.3 is 10.2 Å². The van der Waals surface area contributed by atoms with Gasteiger partial charge in [-0.05, 0) is 55.5 Å². The first kappa shape index (κ1) is 19.2. The number of carbonyl (C=O) groups excluding carboxylic acids is 2. The lowest BCUT2D eigenvalue weighted by Crippen LogP contribution is -2.43. The van der Waals surface area contributed by atoms with Crippen molar-refractivity contribution in [2.24, 2.45) is 5.92 Å². The zero-order valence-electron chi connectivity index (χ0n) is 16.4. The summed E-state index contributed by atoms with van der Waals surface area (Å²) >= 11 is 0. The fourth-order valence-electron chi connectivity index (χ4n) is 3.53. The molecule has 4 heteroatoms. The highest BCUT2D eigenvalue weighted by Gasteiger charge is 2.29. The standard InChI is InChI=1S/C23H28N2O2/c1-16(2)18-9-11-21(12-10-18)24-22(26)20-8-5-13-25(15-20)23(27)19-7-4-6-17(3)14-19/h4,6-7,9-12,14,16,20H,5,8,13,15H2,1-3H3,(H,24,26)/t20-/m1/s1. The minimum absolute atomic E-state index is 0.00552. The Balaban J connectivity index is 1.63. The van der Waals surface area contributed by atoms with Gasteiger partial charge in [-0.25, -0.2) is 0 Å². The van der Waals surface area contributed by atoms with Crippen molar-refractivity contribution in [1.29, 1.82) is 0 Å². The highest BCUT2D eigenvalue weighted by Crippen LogP contribution is 2.22. The second-order valence-corrected chi connectivity index (χ2v) is 7.73. The smallest absolute Gasteiger partial charge is 0.253 e. The predicted molar refractivity (Wildman–Crippen MR) is 109 cm³/mol. The van der Waals surface area contributed by atoms with Crippen molar-refractivity contribution in [2.75, 3.05) is 18.4 Å². The summed E-state index contributed by atoms with van der Waals surface area (Å²) in [6, 6.07) is 15.6. The summed E-state index contributed by atoms with van der Waals surface area (Å²) in [6.07, 6.45) is 1.66.